The van der Waals surface area contributed by atoms with Gasteiger partial charge in [0.15, 0.2) is 0 Å². The van der Waals surface area contributed by atoms with Gasteiger partial charge in [-0.1, -0.05) is 98.8 Å². The van der Waals surface area contributed by atoms with E-state index in [-0.39, 0.29) is 11.2 Å². The van der Waals surface area contributed by atoms with Crippen LogP contribution in [0.3, 0.4) is 0 Å². The fourth-order valence-electron chi connectivity index (χ4n) is 4.27. The molecule has 0 aromatic heterocycles. The van der Waals surface area contributed by atoms with Crippen LogP contribution < -0.4 is 0 Å². The molecule has 1 aliphatic heterocycles. The van der Waals surface area contributed by atoms with Gasteiger partial charge >= 0.3 is 0 Å². The first-order valence-electron chi connectivity index (χ1n) is 9.18. The molecule has 1 saturated heterocycles. The van der Waals surface area contributed by atoms with E-state index < -0.39 is 0 Å². The Morgan fingerprint density at radius 2 is 1.24 bits per heavy atom. The highest BCUT2D eigenvalue weighted by Gasteiger charge is 2.69. The van der Waals surface area contributed by atoms with Crippen LogP contribution in [0.4, 0.5) is 0 Å². The van der Waals surface area contributed by atoms with E-state index in [1.54, 1.807) is 0 Å². The van der Waals surface area contributed by atoms with Crippen molar-refractivity contribution in [1.82, 2.24) is 0 Å². The molecule has 1 atom stereocenters. The second-order valence-corrected chi connectivity index (χ2v) is 6.76. The molecule has 0 radical (unpaired) electrons. The topological polar surface area (TPSA) is 12.5 Å². The number of epoxide rings is 1. The minimum atomic E-state index is -0.357. The second kappa shape index (κ2) is 6.16. The van der Waals surface area contributed by atoms with E-state index in [2.05, 4.69) is 98.8 Å². The third-order valence-corrected chi connectivity index (χ3v) is 5.66. The summed E-state index contributed by atoms with van der Waals surface area (Å²) in [6.45, 7) is 4.47. The SMILES string of the molecule is CCC1(CC)OC1(c1ccccc1)c1ccccc1-c1ccccc1. The lowest BCUT2D eigenvalue weighted by atomic mass is 9.75. The van der Waals surface area contributed by atoms with Crippen LogP contribution >= 0.6 is 0 Å². The van der Waals surface area contributed by atoms with Crippen LogP contribution in [0.5, 0.6) is 0 Å². The minimum absolute atomic E-state index is 0.126. The van der Waals surface area contributed by atoms with E-state index in [0.29, 0.717) is 0 Å². The molecule has 1 nitrogen and oxygen atoms in total. The summed E-state index contributed by atoms with van der Waals surface area (Å²) in [7, 11) is 0. The molecule has 126 valence electrons. The minimum Gasteiger partial charge on any atom is -0.352 e. The van der Waals surface area contributed by atoms with Crippen molar-refractivity contribution in [3.8, 4) is 11.1 Å². The standard InChI is InChI=1S/C24H24O/c1-3-23(4-2)24(25-23,20-15-9-6-10-16-20)22-18-12-11-17-21(22)19-13-7-5-8-14-19/h5-18H,3-4H2,1-2H3. The van der Waals surface area contributed by atoms with Crippen molar-refractivity contribution < 1.29 is 4.74 Å². The summed E-state index contributed by atoms with van der Waals surface area (Å²) in [6.07, 6.45) is 2.00. The van der Waals surface area contributed by atoms with E-state index in [1.807, 2.05) is 0 Å². The van der Waals surface area contributed by atoms with E-state index >= 15 is 0 Å². The van der Waals surface area contributed by atoms with Gasteiger partial charge in [0, 0.05) is 0 Å². The van der Waals surface area contributed by atoms with Gasteiger partial charge in [0.05, 0.1) is 0 Å². The molecular weight excluding hydrogens is 304 g/mol. The van der Waals surface area contributed by atoms with Gasteiger partial charge in [-0.25, -0.2) is 0 Å². The Bertz CT molecular complexity index is 850. The van der Waals surface area contributed by atoms with Gasteiger partial charge in [0.25, 0.3) is 0 Å². The first kappa shape index (κ1) is 16.1. The summed E-state index contributed by atoms with van der Waals surface area (Å²) in [4.78, 5) is 0. The number of hydrogen-bond acceptors (Lipinski definition) is 1. The lowest BCUT2D eigenvalue weighted by Crippen LogP contribution is -2.25. The predicted molar refractivity (Wildman–Crippen MR) is 103 cm³/mol. The fourth-order valence-corrected chi connectivity index (χ4v) is 4.27. The molecule has 1 aliphatic rings. The van der Waals surface area contributed by atoms with Crippen molar-refractivity contribution in [2.45, 2.75) is 37.9 Å². The van der Waals surface area contributed by atoms with E-state index in [9.17, 15) is 0 Å². The third-order valence-electron chi connectivity index (χ3n) is 5.66. The Labute approximate surface area is 150 Å². The van der Waals surface area contributed by atoms with E-state index in [4.69, 9.17) is 4.74 Å². The number of ether oxygens (including phenoxy) is 1. The Morgan fingerprint density at radius 3 is 1.84 bits per heavy atom. The van der Waals surface area contributed by atoms with Gasteiger partial charge in [0.2, 0.25) is 0 Å². The maximum absolute atomic E-state index is 6.62. The molecule has 0 amide bonds. The zero-order valence-corrected chi connectivity index (χ0v) is 14.9. The monoisotopic (exact) mass is 328 g/mol. The summed E-state index contributed by atoms with van der Waals surface area (Å²) in [5.41, 5.74) is 4.54. The maximum atomic E-state index is 6.62. The van der Waals surface area contributed by atoms with Crippen molar-refractivity contribution >= 4 is 0 Å². The quantitative estimate of drug-likeness (QED) is 0.509. The summed E-state index contributed by atoms with van der Waals surface area (Å²) < 4.78 is 6.62. The molecule has 0 aliphatic carbocycles. The lowest BCUT2D eigenvalue weighted by Gasteiger charge is -2.22. The van der Waals surface area contributed by atoms with Gasteiger partial charge in [0.1, 0.15) is 11.2 Å². The second-order valence-electron chi connectivity index (χ2n) is 6.76. The molecule has 0 N–H and O–H groups in total. The number of hydrogen-bond donors (Lipinski definition) is 0. The van der Waals surface area contributed by atoms with Crippen LogP contribution in [0.2, 0.25) is 0 Å². The van der Waals surface area contributed by atoms with Crippen molar-refractivity contribution in [3.05, 3.63) is 96.1 Å². The molecule has 25 heavy (non-hydrogen) atoms. The molecule has 1 heterocycles. The summed E-state index contributed by atoms with van der Waals surface area (Å²) in [5, 5.41) is 0. The molecule has 1 unspecified atom stereocenters. The van der Waals surface area contributed by atoms with Gasteiger partial charge < -0.3 is 4.74 Å². The molecule has 0 spiro atoms. The smallest absolute Gasteiger partial charge is 0.148 e. The fraction of sp³-hybridized carbons (Fsp3) is 0.250. The number of rotatable bonds is 5. The Hall–Kier alpha value is -2.38. The molecule has 3 aromatic carbocycles. The number of benzene rings is 3. The molecular formula is C24H24O. The Balaban J connectivity index is 1.95. The van der Waals surface area contributed by atoms with Crippen LogP contribution in [0.15, 0.2) is 84.9 Å². The molecule has 0 saturated carbocycles. The van der Waals surface area contributed by atoms with Crippen LogP contribution in [-0.4, -0.2) is 5.60 Å². The van der Waals surface area contributed by atoms with Crippen LogP contribution in [0.25, 0.3) is 11.1 Å². The molecule has 4 rings (SSSR count). The molecule has 1 fully saturated rings. The van der Waals surface area contributed by atoms with Crippen molar-refractivity contribution in [2.75, 3.05) is 0 Å². The van der Waals surface area contributed by atoms with Crippen LogP contribution in [-0.2, 0) is 10.3 Å². The normalized spacial score (nSPS) is 21.0. The summed E-state index contributed by atoms with van der Waals surface area (Å²) >= 11 is 0. The highest BCUT2D eigenvalue weighted by atomic mass is 16.6. The van der Waals surface area contributed by atoms with E-state index in [1.165, 1.54) is 22.3 Å². The first-order valence-corrected chi connectivity index (χ1v) is 9.18. The average molecular weight is 328 g/mol. The van der Waals surface area contributed by atoms with Crippen molar-refractivity contribution in [3.63, 3.8) is 0 Å². The lowest BCUT2D eigenvalue weighted by molar-refractivity contribution is 0.266. The first-order chi connectivity index (χ1) is 12.3. The Morgan fingerprint density at radius 1 is 0.680 bits per heavy atom. The average Bonchev–Trinajstić information content (AvgIpc) is 3.40. The maximum Gasteiger partial charge on any atom is 0.148 e. The summed E-state index contributed by atoms with van der Waals surface area (Å²) in [5.74, 6) is 0. The van der Waals surface area contributed by atoms with Gasteiger partial charge in [-0.15, -0.1) is 0 Å². The van der Waals surface area contributed by atoms with Crippen LogP contribution in [0, 0.1) is 0 Å². The highest BCUT2D eigenvalue weighted by Crippen LogP contribution is 2.64. The molecule has 3 aromatic rings. The van der Waals surface area contributed by atoms with Crippen molar-refractivity contribution in [1.29, 1.82) is 0 Å². The van der Waals surface area contributed by atoms with Crippen LogP contribution in [0.1, 0.15) is 37.8 Å². The van der Waals surface area contributed by atoms with Gasteiger partial charge in [-0.2, -0.15) is 0 Å². The predicted octanol–water partition coefficient (Wildman–Crippen LogP) is 6.19. The Kier molecular flexibility index (Phi) is 3.97. The van der Waals surface area contributed by atoms with Gasteiger partial charge in [-0.3, -0.25) is 0 Å². The largest absolute Gasteiger partial charge is 0.352 e. The zero-order valence-electron chi connectivity index (χ0n) is 14.9. The van der Waals surface area contributed by atoms with Gasteiger partial charge in [-0.05, 0) is 35.1 Å². The highest BCUT2D eigenvalue weighted by molar-refractivity contribution is 5.71. The third kappa shape index (κ3) is 2.34. The summed E-state index contributed by atoms with van der Waals surface area (Å²) in [6, 6.07) is 30.0. The van der Waals surface area contributed by atoms with Crippen molar-refractivity contribution in [2.24, 2.45) is 0 Å². The molecule has 0 bridgehead atoms. The zero-order chi connectivity index (χ0) is 17.3. The van der Waals surface area contributed by atoms with E-state index in [0.717, 1.165) is 12.8 Å². The molecule has 1 heteroatoms.